The average molecular weight is 310 g/mol. The molecule has 0 aliphatic heterocycles. The zero-order valence-corrected chi connectivity index (χ0v) is 20.2. The number of hydrogen-bond donors (Lipinski definition) is 5. The van der Waals surface area contributed by atoms with Crippen molar-refractivity contribution < 1.29 is 182 Å². The monoisotopic (exact) mass is 310 g/mol. The molecule has 14 heavy (non-hydrogen) atoms. The van der Waals surface area contributed by atoms with Crippen molar-refractivity contribution in [3.8, 4) is 0 Å². The average Bonchev–Trinajstić information content (AvgIpc) is 1.12. The fraction of sp³-hybridized carbons (Fsp3) is 1.00. The maximum atomic E-state index is 8.88. The molecule has 7 nitrogen and oxygen atoms in total. The van der Waals surface area contributed by atoms with Gasteiger partial charge in [0.1, 0.15) is 0 Å². The van der Waals surface area contributed by atoms with Crippen molar-refractivity contribution in [2.75, 3.05) is 21.1 Å². The fourth-order valence-corrected chi connectivity index (χ4v) is 0. The molecule has 0 saturated heterocycles. The first kappa shape index (κ1) is 36.4. The number of quaternary nitrogens is 1. The van der Waals surface area contributed by atoms with Gasteiger partial charge in [-0.05, 0) is 0 Å². The molecule has 0 aromatic heterocycles. The number of nitrogens with two attached hydrogens (primary N) is 1. The summed E-state index contributed by atoms with van der Waals surface area (Å²) in [6.07, 6.45) is 0. The van der Waals surface area contributed by atoms with E-state index in [1.165, 1.54) is 0 Å². The summed E-state index contributed by atoms with van der Waals surface area (Å²) in [5.41, 5.74) is 0. The summed E-state index contributed by atoms with van der Waals surface area (Å²) in [7, 11) is 1.07. The third-order valence-corrected chi connectivity index (χ3v) is 0. The molecule has 0 aromatic carbocycles. The van der Waals surface area contributed by atoms with E-state index in [0.717, 1.165) is 0 Å². The van der Waals surface area contributed by atoms with Crippen molar-refractivity contribution in [2.24, 2.45) is 5.84 Å². The Kier molecular flexibility index (Phi) is 46.5. The Hall–Kier alpha value is 4.90. The molecule has 0 aliphatic carbocycles. The molecule has 0 atom stereocenters. The largest absolute Gasteiger partial charge is 1.00 e. The van der Waals surface area contributed by atoms with Gasteiger partial charge < -0.3 is 25.1 Å². The SMILES string of the molecule is C[N+](C)(C)N.N.O=P(O)(O)O.[H-].[H-].[H-].[K+].[K+].[K+]. The number of rotatable bonds is 0. The molecule has 0 aromatic rings. The molecule has 0 saturated carbocycles. The van der Waals surface area contributed by atoms with Gasteiger partial charge in [-0.1, -0.05) is 0 Å². The van der Waals surface area contributed by atoms with Gasteiger partial charge in [0, 0.05) is 0 Å². The van der Waals surface area contributed by atoms with E-state index >= 15 is 0 Å². The van der Waals surface area contributed by atoms with Crippen LogP contribution in [0.1, 0.15) is 4.28 Å². The molecule has 0 aliphatic rings. The van der Waals surface area contributed by atoms with Crippen LogP contribution in [0.2, 0.25) is 0 Å². The first-order chi connectivity index (χ1) is 4.00. The third kappa shape index (κ3) is 178. The van der Waals surface area contributed by atoms with Crippen molar-refractivity contribution in [3.63, 3.8) is 0 Å². The molecule has 0 rings (SSSR count). The zero-order valence-electron chi connectivity index (χ0n) is 12.9. The minimum absolute atomic E-state index is 0. The first-order valence-corrected chi connectivity index (χ1v) is 3.95. The van der Waals surface area contributed by atoms with Crippen LogP contribution in [0, 0.1) is 0 Å². The Labute approximate surface area is 217 Å². The van der Waals surface area contributed by atoms with Crippen molar-refractivity contribution in [3.05, 3.63) is 0 Å². The topological polar surface area (TPSA) is 139 Å². The smallest absolute Gasteiger partial charge is 1.00 e. The molecule has 0 amide bonds. The predicted molar refractivity (Wildman–Crippen MR) is 44.8 cm³/mol. The van der Waals surface area contributed by atoms with E-state index in [1.807, 2.05) is 21.1 Å². The van der Waals surface area contributed by atoms with Gasteiger partial charge in [-0.2, -0.15) is 5.84 Å². The molecule has 0 spiro atoms. The first-order valence-electron chi connectivity index (χ1n) is 2.38. The second-order valence-corrected chi connectivity index (χ2v) is 3.66. The summed E-state index contributed by atoms with van der Waals surface area (Å²) in [5, 5.41) is 0. The van der Waals surface area contributed by atoms with Gasteiger partial charge in [-0.25, -0.2) is 4.57 Å². The van der Waals surface area contributed by atoms with Crippen LogP contribution in [0.4, 0.5) is 0 Å². The van der Waals surface area contributed by atoms with Crippen LogP contribution in [0.3, 0.4) is 0 Å². The van der Waals surface area contributed by atoms with Crippen molar-refractivity contribution in [2.45, 2.75) is 0 Å². The van der Waals surface area contributed by atoms with Gasteiger partial charge in [0.2, 0.25) is 0 Å². The minimum atomic E-state index is -4.64. The molecule has 0 heterocycles. The maximum absolute atomic E-state index is 8.88. The Morgan fingerprint density at radius 2 is 1.07 bits per heavy atom. The van der Waals surface area contributed by atoms with Crippen LogP contribution in [-0.4, -0.2) is 40.4 Å². The van der Waals surface area contributed by atoms with Gasteiger partial charge in [-0.3, -0.25) is 4.59 Å². The van der Waals surface area contributed by atoms with Gasteiger partial charge in [-0.15, -0.1) is 0 Å². The van der Waals surface area contributed by atoms with E-state index in [4.69, 9.17) is 25.1 Å². The Bertz CT molecular complexity index is 135. The van der Waals surface area contributed by atoms with Crippen LogP contribution >= 0.6 is 7.82 Å². The summed E-state index contributed by atoms with van der Waals surface area (Å²) >= 11 is 0. The predicted octanol–water partition coefficient (Wildman–Crippen LogP) is -9.85. The second kappa shape index (κ2) is 17.9. The summed E-state index contributed by atoms with van der Waals surface area (Å²) in [4.78, 5) is 21.6. The van der Waals surface area contributed by atoms with E-state index in [9.17, 15) is 0 Å². The van der Waals surface area contributed by atoms with Gasteiger partial charge in [0.05, 0.1) is 21.1 Å². The van der Waals surface area contributed by atoms with E-state index in [-0.39, 0.29) is 165 Å². The molecular formula is C3H20K3N3O4P+. The minimum Gasteiger partial charge on any atom is -1.00 e. The zero-order chi connectivity index (χ0) is 9.00. The molecule has 0 fully saturated rings. The number of hydrogen-bond acceptors (Lipinski definition) is 3. The van der Waals surface area contributed by atoms with Crippen LogP contribution in [0.5, 0.6) is 0 Å². The normalized spacial score (nSPS) is 8.50. The standard InChI is InChI=1S/C3H11N2.3K.H3N.H3O4P.3H/c1-5(2,3)4;;;;;1-5(2,3)4;;;/h4H2,1-3H3;;;;1H3;(H3,1,2,3,4);;;/q4*+1;;;3*-1. The fourth-order valence-electron chi connectivity index (χ4n) is 0. The number of nitrogens with zero attached hydrogens (tertiary/aromatic N) is 1. The third-order valence-electron chi connectivity index (χ3n) is 0. The van der Waals surface area contributed by atoms with E-state index in [0.29, 0.717) is 4.59 Å². The van der Waals surface area contributed by atoms with Crippen molar-refractivity contribution in [1.29, 1.82) is 0 Å². The molecule has 78 valence electrons. The Balaban J connectivity index is -0.00000000762. The van der Waals surface area contributed by atoms with Gasteiger partial charge in [0.15, 0.2) is 0 Å². The van der Waals surface area contributed by atoms with Crippen LogP contribution in [0.15, 0.2) is 0 Å². The molecule has 8 N–H and O–H groups in total. The molecular weight excluding hydrogens is 290 g/mol. The Morgan fingerprint density at radius 3 is 1.07 bits per heavy atom. The Morgan fingerprint density at radius 1 is 1.07 bits per heavy atom. The number of phosphoric acid groups is 1. The van der Waals surface area contributed by atoms with Crippen LogP contribution in [-0.2, 0) is 4.57 Å². The molecule has 0 radical (unpaired) electrons. The summed E-state index contributed by atoms with van der Waals surface area (Å²) < 4.78 is 9.38. The van der Waals surface area contributed by atoms with E-state index in [1.54, 1.807) is 0 Å². The summed E-state index contributed by atoms with van der Waals surface area (Å²) in [6, 6.07) is 0. The van der Waals surface area contributed by atoms with Crippen LogP contribution < -0.4 is 166 Å². The van der Waals surface area contributed by atoms with E-state index in [2.05, 4.69) is 0 Å². The van der Waals surface area contributed by atoms with Crippen molar-refractivity contribution >= 4 is 7.82 Å². The maximum Gasteiger partial charge on any atom is 1.00 e. The summed E-state index contributed by atoms with van der Waals surface area (Å²) in [5.74, 6) is 5.29. The molecule has 0 unspecified atom stereocenters. The quantitative estimate of drug-likeness (QED) is 0.0990. The van der Waals surface area contributed by atoms with Gasteiger partial charge in [0.25, 0.3) is 0 Å². The van der Waals surface area contributed by atoms with Crippen LogP contribution in [0.25, 0.3) is 0 Å². The van der Waals surface area contributed by atoms with Gasteiger partial charge >= 0.3 is 162 Å². The van der Waals surface area contributed by atoms with Crippen molar-refractivity contribution in [1.82, 2.24) is 6.15 Å². The molecule has 11 heteroatoms. The summed E-state index contributed by atoms with van der Waals surface area (Å²) in [6.45, 7) is 0. The second-order valence-electron chi connectivity index (χ2n) is 2.63. The molecule has 0 bridgehead atoms. The van der Waals surface area contributed by atoms with E-state index < -0.39 is 7.82 Å².